The summed E-state index contributed by atoms with van der Waals surface area (Å²) in [7, 11) is 1.60. The monoisotopic (exact) mass is 418 g/mol. The Balaban J connectivity index is 1.46. The maximum atomic E-state index is 13.2. The van der Waals surface area contributed by atoms with Gasteiger partial charge in [0.2, 0.25) is 5.91 Å². The van der Waals surface area contributed by atoms with Gasteiger partial charge in [0, 0.05) is 19.0 Å². The number of rotatable bonds is 6. The number of piperidine rings is 1. The molecule has 1 atom stereocenters. The molecule has 1 fully saturated rings. The number of amides is 1. The molecule has 2 aromatic carbocycles. The van der Waals surface area contributed by atoms with Crippen LogP contribution in [0.25, 0.3) is 5.69 Å². The van der Waals surface area contributed by atoms with Crippen LogP contribution < -0.4 is 10.5 Å². The van der Waals surface area contributed by atoms with Crippen molar-refractivity contribution >= 4 is 17.5 Å². The third-order valence-corrected chi connectivity index (χ3v) is 5.73. The molecule has 1 aliphatic rings. The molecule has 1 aliphatic heterocycles. The van der Waals surface area contributed by atoms with Gasteiger partial charge >= 0.3 is 0 Å². The molecule has 160 valence electrons. The Morgan fingerprint density at radius 2 is 1.87 bits per heavy atom. The topological polar surface area (TPSA) is 90.5 Å². The van der Waals surface area contributed by atoms with Crippen molar-refractivity contribution in [1.29, 1.82) is 0 Å². The number of Topliss-reactive ketones (excluding diaryl/α,β-unsaturated/α-hetero) is 1. The van der Waals surface area contributed by atoms with Crippen LogP contribution in [0.4, 0.5) is 5.82 Å². The van der Waals surface area contributed by atoms with E-state index in [1.54, 1.807) is 16.7 Å². The molecule has 7 heteroatoms. The molecule has 1 saturated heterocycles. The van der Waals surface area contributed by atoms with Crippen molar-refractivity contribution in [2.75, 3.05) is 25.9 Å². The number of carbonyl (C=O) groups excluding carboxylic acids is 2. The zero-order chi connectivity index (χ0) is 21.8. The molecule has 0 radical (unpaired) electrons. The van der Waals surface area contributed by atoms with Gasteiger partial charge in [-0.3, -0.25) is 9.59 Å². The molecule has 4 rings (SSSR count). The van der Waals surface area contributed by atoms with Crippen molar-refractivity contribution in [3.8, 4) is 11.4 Å². The van der Waals surface area contributed by atoms with Crippen molar-refractivity contribution in [3.63, 3.8) is 0 Å². The molecular weight excluding hydrogens is 392 g/mol. The number of ketones is 1. The van der Waals surface area contributed by atoms with Crippen molar-refractivity contribution in [3.05, 3.63) is 71.9 Å². The number of hydrogen-bond acceptors (Lipinski definition) is 5. The molecule has 3 aromatic rings. The highest BCUT2D eigenvalue weighted by atomic mass is 16.5. The molecule has 0 aliphatic carbocycles. The van der Waals surface area contributed by atoms with Gasteiger partial charge in [0.25, 0.3) is 0 Å². The lowest BCUT2D eigenvalue weighted by molar-refractivity contribution is -0.131. The number of anilines is 1. The first-order valence-electron chi connectivity index (χ1n) is 10.4. The molecular formula is C24H26N4O3. The molecule has 1 amide bonds. The van der Waals surface area contributed by atoms with Gasteiger partial charge in [-0.1, -0.05) is 30.3 Å². The number of nitrogens with two attached hydrogens (primary N) is 1. The first kappa shape index (κ1) is 20.7. The number of nitrogens with zero attached hydrogens (tertiary/aromatic N) is 3. The third kappa shape index (κ3) is 4.45. The summed E-state index contributed by atoms with van der Waals surface area (Å²) in [5.74, 6) is 0.750. The molecule has 1 aromatic heterocycles. The van der Waals surface area contributed by atoms with Gasteiger partial charge in [-0.05, 0) is 42.7 Å². The van der Waals surface area contributed by atoms with Crippen LogP contribution >= 0.6 is 0 Å². The second kappa shape index (κ2) is 9.04. The number of nitrogen functional groups attached to an aromatic ring is 1. The number of carbonyl (C=O) groups is 2. The van der Waals surface area contributed by atoms with Crippen LogP contribution in [0, 0.1) is 5.92 Å². The molecule has 1 unspecified atom stereocenters. The van der Waals surface area contributed by atoms with Gasteiger partial charge in [-0.25, -0.2) is 4.68 Å². The minimum absolute atomic E-state index is 0.0469. The Morgan fingerprint density at radius 3 is 2.58 bits per heavy atom. The maximum absolute atomic E-state index is 13.2. The van der Waals surface area contributed by atoms with E-state index in [9.17, 15) is 9.59 Å². The zero-order valence-corrected chi connectivity index (χ0v) is 17.5. The maximum Gasteiger partial charge on any atom is 0.227 e. The van der Waals surface area contributed by atoms with E-state index in [1.807, 2.05) is 54.6 Å². The average Bonchev–Trinajstić information content (AvgIpc) is 3.20. The minimum atomic E-state index is -0.274. The number of ether oxygens (including phenoxy) is 1. The number of hydrogen-bond donors (Lipinski definition) is 1. The Labute approximate surface area is 181 Å². The highest BCUT2D eigenvalue weighted by molar-refractivity contribution is 6.02. The molecule has 0 saturated carbocycles. The standard InChI is InChI=1S/C24H26N4O3/c1-31-20-11-9-19(10-12-20)28-24(25)21(15-26-28)23(30)18-8-5-13-27(16-18)22(29)14-17-6-3-2-4-7-17/h2-4,6-7,9-12,15,18H,5,8,13-14,16,25H2,1H3. The van der Waals surface area contributed by atoms with Gasteiger partial charge in [-0.2, -0.15) is 5.10 Å². The van der Waals surface area contributed by atoms with Crippen molar-refractivity contribution < 1.29 is 14.3 Å². The summed E-state index contributed by atoms with van der Waals surface area (Å²) in [6.45, 7) is 1.09. The van der Waals surface area contributed by atoms with Gasteiger partial charge < -0.3 is 15.4 Å². The van der Waals surface area contributed by atoms with Crippen LogP contribution in [-0.2, 0) is 11.2 Å². The Bertz CT molecular complexity index is 1060. The fourth-order valence-corrected chi connectivity index (χ4v) is 4.00. The van der Waals surface area contributed by atoms with E-state index in [1.165, 1.54) is 6.20 Å². The quantitative estimate of drug-likeness (QED) is 0.621. The predicted octanol–water partition coefficient (Wildman–Crippen LogP) is 3.13. The Kier molecular flexibility index (Phi) is 6.02. The van der Waals surface area contributed by atoms with Crippen LogP contribution in [0.5, 0.6) is 5.75 Å². The lowest BCUT2D eigenvalue weighted by Gasteiger charge is -2.32. The molecule has 0 bridgehead atoms. The summed E-state index contributed by atoms with van der Waals surface area (Å²) in [5.41, 5.74) is 8.41. The summed E-state index contributed by atoms with van der Waals surface area (Å²) < 4.78 is 6.73. The van der Waals surface area contributed by atoms with Gasteiger partial charge in [0.1, 0.15) is 11.6 Å². The van der Waals surface area contributed by atoms with Crippen molar-refractivity contribution in [2.24, 2.45) is 5.92 Å². The first-order chi connectivity index (χ1) is 15.1. The van der Waals surface area contributed by atoms with Gasteiger partial charge in [0.05, 0.1) is 31.0 Å². The van der Waals surface area contributed by atoms with E-state index in [-0.39, 0.29) is 17.6 Å². The normalized spacial score (nSPS) is 16.2. The van der Waals surface area contributed by atoms with Crippen LogP contribution in [0.3, 0.4) is 0 Å². The second-order valence-corrected chi connectivity index (χ2v) is 7.76. The molecule has 7 nitrogen and oxygen atoms in total. The minimum Gasteiger partial charge on any atom is -0.497 e. The van der Waals surface area contributed by atoms with Crippen LogP contribution in [-0.4, -0.2) is 46.6 Å². The third-order valence-electron chi connectivity index (χ3n) is 5.73. The van der Waals surface area contributed by atoms with E-state index in [0.717, 1.165) is 29.8 Å². The summed E-state index contributed by atoms with van der Waals surface area (Å²) >= 11 is 0. The SMILES string of the molecule is COc1ccc(-n2ncc(C(=O)C3CCCN(C(=O)Cc4ccccc4)C3)c2N)cc1. The van der Waals surface area contributed by atoms with E-state index in [4.69, 9.17) is 10.5 Å². The number of benzene rings is 2. The largest absolute Gasteiger partial charge is 0.497 e. The van der Waals surface area contributed by atoms with E-state index in [0.29, 0.717) is 30.9 Å². The predicted molar refractivity (Wildman–Crippen MR) is 118 cm³/mol. The fourth-order valence-electron chi connectivity index (χ4n) is 4.00. The fraction of sp³-hybridized carbons (Fsp3) is 0.292. The zero-order valence-electron chi connectivity index (χ0n) is 17.5. The van der Waals surface area contributed by atoms with Gasteiger partial charge in [0.15, 0.2) is 5.78 Å². The molecule has 0 spiro atoms. The lowest BCUT2D eigenvalue weighted by atomic mass is 9.90. The first-order valence-corrected chi connectivity index (χ1v) is 10.4. The van der Waals surface area contributed by atoms with E-state index in [2.05, 4.69) is 5.10 Å². The highest BCUT2D eigenvalue weighted by Crippen LogP contribution is 2.26. The van der Waals surface area contributed by atoms with Crippen molar-refractivity contribution in [1.82, 2.24) is 14.7 Å². The van der Waals surface area contributed by atoms with Crippen LogP contribution in [0.1, 0.15) is 28.8 Å². The second-order valence-electron chi connectivity index (χ2n) is 7.76. The molecule has 2 heterocycles. The smallest absolute Gasteiger partial charge is 0.227 e. The number of methoxy groups -OCH3 is 1. The summed E-state index contributed by atoms with van der Waals surface area (Å²) in [6.07, 6.45) is 3.40. The van der Waals surface area contributed by atoms with E-state index < -0.39 is 0 Å². The Morgan fingerprint density at radius 1 is 1.13 bits per heavy atom. The van der Waals surface area contributed by atoms with Gasteiger partial charge in [-0.15, -0.1) is 0 Å². The van der Waals surface area contributed by atoms with Crippen LogP contribution in [0.2, 0.25) is 0 Å². The summed E-state index contributed by atoms with van der Waals surface area (Å²) in [4.78, 5) is 27.7. The molecule has 31 heavy (non-hydrogen) atoms. The average molecular weight is 418 g/mol. The number of aromatic nitrogens is 2. The highest BCUT2D eigenvalue weighted by Gasteiger charge is 2.31. The summed E-state index contributed by atoms with van der Waals surface area (Å²) in [5, 5.41) is 4.32. The van der Waals surface area contributed by atoms with Crippen molar-refractivity contribution in [2.45, 2.75) is 19.3 Å². The molecule has 2 N–H and O–H groups in total. The Hall–Kier alpha value is -3.61. The number of likely N-dealkylation sites (tertiary alicyclic amines) is 1. The summed E-state index contributed by atoms with van der Waals surface area (Å²) in [6, 6.07) is 17.0. The lowest BCUT2D eigenvalue weighted by Crippen LogP contribution is -2.43. The van der Waals surface area contributed by atoms with Crippen LogP contribution in [0.15, 0.2) is 60.8 Å². The van der Waals surface area contributed by atoms with E-state index >= 15 is 0 Å².